The first-order chi connectivity index (χ1) is 10.4. The molecule has 3 nitrogen and oxygen atoms in total. The van der Waals surface area contributed by atoms with Crippen LogP contribution in [0.5, 0.6) is 0 Å². The van der Waals surface area contributed by atoms with Crippen LogP contribution < -0.4 is 10.4 Å². The molecule has 0 aromatic heterocycles. The highest BCUT2D eigenvalue weighted by Gasteiger charge is 2.45. The number of anilines is 2. The Kier molecular flexibility index (Phi) is 3.27. The smallest absolute Gasteiger partial charge is 0.241 e. The van der Waals surface area contributed by atoms with Crippen molar-refractivity contribution in [2.75, 3.05) is 4.90 Å². The monoisotopic (exact) mass is 306 g/mol. The van der Waals surface area contributed by atoms with Gasteiger partial charge in [0.15, 0.2) is 0 Å². The van der Waals surface area contributed by atoms with Crippen LogP contribution in [0.25, 0.3) is 0 Å². The zero-order valence-electron chi connectivity index (χ0n) is 12.2. The van der Waals surface area contributed by atoms with Crippen molar-refractivity contribution in [2.45, 2.75) is 19.3 Å². The molecule has 2 radical (unpaired) electrons. The van der Waals surface area contributed by atoms with E-state index in [1.165, 1.54) is 4.90 Å². The summed E-state index contributed by atoms with van der Waals surface area (Å²) in [6.07, 6.45) is 0. The predicted molar refractivity (Wildman–Crippen MR) is 88.2 cm³/mol. The summed E-state index contributed by atoms with van der Waals surface area (Å²) >= 11 is 6.10. The predicted octanol–water partition coefficient (Wildman–Crippen LogP) is 2.96. The van der Waals surface area contributed by atoms with Crippen LogP contribution in [0, 0.1) is 11.3 Å². The number of hydrogen-bond acceptors (Lipinski definition) is 2. The Balaban J connectivity index is 2.31. The Morgan fingerprint density at radius 3 is 2.64 bits per heavy atom. The van der Waals surface area contributed by atoms with Crippen LogP contribution in [0.1, 0.15) is 25.0 Å². The summed E-state index contributed by atoms with van der Waals surface area (Å²) in [6, 6.07) is 12.5. The lowest BCUT2D eigenvalue weighted by molar-refractivity contribution is -0.121. The molecule has 106 valence electrons. The Bertz CT molecular complexity index is 839. The standard InChI is InChI=1S/C17H12BClN2O/c1-17(2)12-7-6-10(18)8-15(12)21(16(17)22)14-5-3-4-13(19)11(14)9-20/h3-8H,1-2H3. The highest BCUT2D eigenvalue weighted by atomic mass is 35.5. The maximum Gasteiger partial charge on any atom is 0.241 e. The van der Waals surface area contributed by atoms with E-state index in [1.807, 2.05) is 19.9 Å². The minimum absolute atomic E-state index is 0.105. The van der Waals surface area contributed by atoms with Gasteiger partial charge in [0.25, 0.3) is 0 Å². The minimum atomic E-state index is -0.682. The fourth-order valence-corrected chi connectivity index (χ4v) is 3.03. The molecule has 0 aliphatic carbocycles. The van der Waals surface area contributed by atoms with Gasteiger partial charge >= 0.3 is 0 Å². The number of hydrogen-bond donors (Lipinski definition) is 0. The van der Waals surface area contributed by atoms with Crippen LogP contribution in [-0.4, -0.2) is 13.8 Å². The zero-order valence-corrected chi connectivity index (χ0v) is 13.0. The first-order valence-corrected chi connectivity index (χ1v) is 7.19. The summed E-state index contributed by atoms with van der Waals surface area (Å²) in [5, 5.41) is 9.70. The molecule has 2 aromatic carbocycles. The lowest BCUT2D eigenvalue weighted by atomic mass is 9.84. The summed E-state index contributed by atoms with van der Waals surface area (Å²) in [5.74, 6) is -0.105. The van der Waals surface area contributed by atoms with Gasteiger partial charge in [0, 0.05) is 0 Å². The summed E-state index contributed by atoms with van der Waals surface area (Å²) in [4.78, 5) is 14.4. The summed E-state index contributed by atoms with van der Waals surface area (Å²) in [6.45, 7) is 3.72. The van der Waals surface area contributed by atoms with Crippen molar-refractivity contribution in [1.29, 1.82) is 5.26 Å². The second kappa shape index (κ2) is 4.89. The van der Waals surface area contributed by atoms with Gasteiger partial charge in [-0.15, -0.1) is 0 Å². The van der Waals surface area contributed by atoms with E-state index in [2.05, 4.69) is 6.07 Å². The number of halogens is 1. The number of carbonyl (C=O) groups is 1. The molecule has 0 unspecified atom stereocenters. The van der Waals surface area contributed by atoms with Crippen molar-refractivity contribution in [2.24, 2.45) is 0 Å². The van der Waals surface area contributed by atoms with Gasteiger partial charge in [-0.25, -0.2) is 0 Å². The van der Waals surface area contributed by atoms with Crippen LogP contribution in [-0.2, 0) is 10.2 Å². The number of carbonyl (C=O) groups excluding carboxylic acids is 1. The van der Waals surface area contributed by atoms with Gasteiger partial charge < -0.3 is 0 Å². The molecule has 22 heavy (non-hydrogen) atoms. The third-order valence-corrected chi connectivity index (χ3v) is 4.33. The van der Waals surface area contributed by atoms with Crippen LogP contribution in [0.15, 0.2) is 36.4 Å². The lowest BCUT2D eigenvalue weighted by Crippen LogP contribution is -2.33. The van der Waals surface area contributed by atoms with Crippen molar-refractivity contribution < 1.29 is 4.79 Å². The van der Waals surface area contributed by atoms with Crippen molar-refractivity contribution in [3.05, 3.63) is 52.5 Å². The number of benzene rings is 2. The third kappa shape index (κ3) is 1.93. The van der Waals surface area contributed by atoms with Gasteiger partial charge in [-0.2, -0.15) is 5.26 Å². The number of fused-ring (bicyclic) bond motifs is 1. The quantitative estimate of drug-likeness (QED) is 0.760. The Hall–Kier alpha value is -2.25. The van der Waals surface area contributed by atoms with Gasteiger partial charge in [-0.05, 0) is 37.6 Å². The molecular formula is C17H12BClN2O. The molecule has 0 saturated carbocycles. The Labute approximate surface area is 135 Å². The molecule has 1 aliphatic heterocycles. The average Bonchev–Trinajstić information content (AvgIpc) is 2.65. The van der Waals surface area contributed by atoms with Crippen LogP contribution in [0.3, 0.4) is 0 Å². The van der Waals surface area contributed by atoms with Crippen molar-refractivity contribution >= 4 is 42.2 Å². The first kappa shape index (κ1) is 14.7. The topological polar surface area (TPSA) is 44.1 Å². The number of nitrogens with zero attached hydrogens (tertiary/aromatic N) is 2. The van der Waals surface area contributed by atoms with E-state index in [-0.39, 0.29) is 11.5 Å². The molecule has 1 amide bonds. The van der Waals surface area contributed by atoms with Gasteiger partial charge in [0.1, 0.15) is 13.9 Å². The zero-order chi connectivity index (χ0) is 16.1. The summed E-state index contributed by atoms with van der Waals surface area (Å²) < 4.78 is 0. The van der Waals surface area contributed by atoms with E-state index in [0.717, 1.165) is 5.56 Å². The molecule has 5 heteroatoms. The fourth-order valence-electron chi connectivity index (χ4n) is 2.82. The summed E-state index contributed by atoms with van der Waals surface area (Å²) in [5.41, 5.74) is 2.23. The van der Waals surface area contributed by atoms with Crippen molar-refractivity contribution in [1.82, 2.24) is 0 Å². The summed E-state index contributed by atoms with van der Waals surface area (Å²) in [7, 11) is 5.88. The highest BCUT2D eigenvalue weighted by molar-refractivity contribution is 6.33. The molecule has 1 heterocycles. The molecule has 0 bridgehead atoms. The van der Waals surface area contributed by atoms with Gasteiger partial charge in [0.2, 0.25) is 5.91 Å². The van der Waals surface area contributed by atoms with Gasteiger partial charge in [0.05, 0.1) is 27.4 Å². The third-order valence-electron chi connectivity index (χ3n) is 4.02. The average molecular weight is 307 g/mol. The molecule has 0 atom stereocenters. The van der Waals surface area contributed by atoms with E-state index < -0.39 is 5.41 Å². The minimum Gasteiger partial charge on any atom is -0.279 e. The van der Waals surface area contributed by atoms with Crippen LogP contribution in [0.2, 0.25) is 5.02 Å². The van der Waals surface area contributed by atoms with E-state index in [1.54, 1.807) is 30.3 Å². The molecule has 1 aliphatic rings. The molecular weight excluding hydrogens is 294 g/mol. The number of amides is 1. The number of rotatable bonds is 1. The molecule has 3 rings (SSSR count). The highest BCUT2D eigenvalue weighted by Crippen LogP contribution is 2.46. The van der Waals surface area contributed by atoms with Crippen molar-refractivity contribution in [3.63, 3.8) is 0 Å². The lowest BCUT2D eigenvalue weighted by Gasteiger charge is -2.22. The van der Waals surface area contributed by atoms with E-state index >= 15 is 0 Å². The van der Waals surface area contributed by atoms with Crippen molar-refractivity contribution in [3.8, 4) is 6.07 Å². The van der Waals surface area contributed by atoms with Crippen LogP contribution >= 0.6 is 11.6 Å². The maximum atomic E-state index is 12.9. The maximum absolute atomic E-state index is 12.9. The second-order valence-electron chi connectivity index (χ2n) is 5.79. The van der Waals surface area contributed by atoms with E-state index in [0.29, 0.717) is 21.9 Å². The Morgan fingerprint density at radius 1 is 1.23 bits per heavy atom. The first-order valence-electron chi connectivity index (χ1n) is 6.81. The molecule has 0 spiro atoms. The van der Waals surface area contributed by atoms with Gasteiger partial charge in [-0.3, -0.25) is 9.69 Å². The molecule has 0 saturated heterocycles. The molecule has 0 fully saturated rings. The molecule has 0 N–H and O–H groups in total. The van der Waals surface area contributed by atoms with E-state index in [4.69, 9.17) is 19.4 Å². The van der Waals surface area contributed by atoms with Crippen LogP contribution in [0.4, 0.5) is 11.4 Å². The molecule has 2 aromatic rings. The van der Waals surface area contributed by atoms with E-state index in [9.17, 15) is 10.1 Å². The van der Waals surface area contributed by atoms with Gasteiger partial charge in [-0.1, -0.05) is 35.3 Å². The fraction of sp³-hybridized carbons (Fsp3) is 0.176. The second-order valence-corrected chi connectivity index (χ2v) is 6.20. The SMILES string of the molecule is [B]c1ccc2c(c1)N(c1cccc(Cl)c1C#N)C(=O)C2(C)C. The number of nitriles is 1. The Morgan fingerprint density at radius 2 is 1.95 bits per heavy atom. The normalized spacial score (nSPS) is 15.5. The largest absolute Gasteiger partial charge is 0.279 e.